The van der Waals surface area contributed by atoms with Crippen LogP contribution in [0.2, 0.25) is 0 Å². The van der Waals surface area contributed by atoms with Gasteiger partial charge < -0.3 is 0 Å². The first-order valence-electron chi connectivity index (χ1n) is 10.9. The number of nitrogens with zero attached hydrogens (tertiary/aromatic N) is 1. The Balaban J connectivity index is 1.57. The lowest BCUT2D eigenvalue weighted by molar-refractivity contribution is -0.531. The second-order valence-corrected chi connectivity index (χ2v) is 10.8. The summed E-state index contributed by atoms with van der Waals surface area (Å²) in [6.45, 7) is 9.99. The second kappa shape index (κ2) is 5.96. The number of rotatable bonds is 2. The Morgan fingerprint density at radius 1 is 0.920 bits per heavy atom. The lowest BCUT2D eigenvalue weighted by atomic mass is 9.44. The molecular weight excluding hydrogens is 310 g/mol. The van der Waals surface area contributed by atoms with Gasteiger partial charge in [-0.1, -0.05) is 27.7 Å². The standard InChI is InChI=1S/C22H37NO2/c1-14(2)18-7-8-19-17-6-5-15-13-16(23(24)25)9-11-21(15,3)20(17)10-12-22(18,19)4/h14-20H,5-13H2,1-4H3/t15-,16?,17?,18+,19?,20?,21-,22?/m0/s1. The molecule has 0 radical (unpaired) electrons. The first kappa shape index (κ1) is 17.8. The van der Waals surface area contributed by atoms with Crippen LogP contribution in [0, 0.1) is 56.5 Å². The van der Waals surface area contributed by atoms with E-state index in [1.807, 2.05) is 0 Å². The SMILES string of the molecule is CC(C)[C@H]1CCC2C3CC[C@H]4CC([N+](=O)[O-])CC[C@]4(C)C3CCC21C. The first-order valence-corrected chi connectivity index (χ1v) is 10.9. The van der Waals surface area contributed by atoms with Gasteiger partial charge >= 0.3 is 0 Å². The Bertz CT molecular complexity index is 546. The average molecular weight is 348 g/mol. The number of nitro groups is 1. The highest BCUT2D eigenvalue weighted by molar-refractivity contribution is 5.09. The van der Waals surface area contributed by atoms with Crippen LogP contribution in [0.25, 0.3) is 0 Å². The van der Waals surface area contributed by atoms with Crippen LogP contribution < -0.4 is 0 Å². The molecule has 8 atom stereocenters. The fourth-order valence-corrected chi connectivity index (χ4v) is 8.56. The van der Waals surface area contributed by atoms with Gasteiger partial charge in [0.25, 0.3) is 0 Å². The molecule has 0 saturated heterocycles. The first-order chi connectivity index (χ1) is 11.8. The van der Waals surface area contributed by atoms with Crippen LogP contribution in [0.1, 0.15) is 85.5 Å². The van der Waals surface area contributed by atoms with E-state index in [1.165, 1.54) is 38.5 Å². The van der Waals surface area contributed by atoms with E-state index in [0.717, 1.165) is 48.9 Å². The molecule has 0 aromatic carbocycles. The van der Waals surface area contributed by atoms with E-state index in [0.29, 0.717) is 16.7 Å². The molecule has 0 N–H and O–H groups in total. The van der Waals surface area contributed by atoms with Gasteiger partial charge in [-0.05, 0) is 91.3 Å². The van der Waals surface area contributed by atoms with Crippen LogP contribution in [0.5, 0.6) is 0 Å². The third kappa shape index (κ3) is 2.51. The molecule has 0 aromatic heterocycles. The van der Waals surface area contributed by atoms with Gasteiger partial charge in [0.2, 0.25) is 6.04 Å². The van der Waals surface area contributed by atoms with Gasteiger partial charge in [0.05, 0.1) is 0 Å². The van der Waals surface area contributed by atoms with Crippen molar-refractivity contribution in [2.45, 2.75) is 91.5 Å². The number of fused-ring (bicyclic) bond motifs is 5. The van der Waals surface area contributed by atoms with Crippen molar-refractivity contribution in [1.82, 2.24) is 0 Å². The third-order valence-corrected chi connectivity index (χ3v) is 9.81. The predicted octanol–water partition coefficient (Wildman–Crippen LogP) is 5.95. The number of hydrogen-bond donors (Lipinski definition) is 0. The largest absolute Gasteiger partial charge is 0.264 e. The van der Waals surface area contributed by atoms with Crippen LogP contribution in [0.15, 0.2) is 0 Å². The van der Waals surface area contributed by atoms with Crippen molar-refractivity contribution in [3.05, 3.63) is 10.1 Å². The zero-order valence-electron chi connectivity index (χ0n) is 16.7. The minimum absolute atomic E-state index is 0.00775. The molecule has 4 saturated carbocycles. The smallest absolute Gasteiger partial charge is 0.213 e. The van der Waals surface area contributed by atoms with Crippen molar-refractivity contribution < 1.29 is 4.92 Å². The van der Waals surface area contributed by atoms with Crippen molar-refractivity contribution in [2.24, 2.45) is 46.3 Å². The van der Waals surface area contributed by atoms with E-state index >= 15 is 0 Å². The Labute approximate surface area is 153 Å². The van der Waals surface area contributed by atoms with Gasteiger partial charge in [-0.3, -0.25) is 10.1 Å². The summed E-state index contributed by atoms with van der Waals surface area (Å²) in [5.41, 5.74) is 0.948. The monoisotopic (exact) mass is 347 g/mol. The average Bonchev–Trinajstić information content (AvgIpc) is 2.91. The van der Waals surface area contributed by atoms with Crippen molar-refractivity contribution in [3.8, 4) is 0 Å². The summed E-state index contributed by atoms with van der Waals surface area (Å²) >= 11 is 0. The van der Waals surface area contributed by atoms with Crippen LogP contribution in [-0.2, 0) is 0 Å². The summed E-state index contributed by atoms with van der Waals surface area (Å²) in [7, 11) is 0. The van der Waals surface area contributed by atoms with Gasteiger partial charge in [-0.25, -0.2) is 0 Å². The molecule has 142 valence electrons. The molecule has 0 aromatic rings. The normalized spacial score (nSPS) is 52.4. The van der Waals surface area contributed by atoms with Gasteiger partial charge in [0, 0.05) is 17.8 Å². The molecule has 0 heterocycles. The van der Waals surface area contributed by atoms with E-state index < -0.39 is 0 Å². The quantitative estimate of drug-likeness (QED) is 0.458. The molecule has 0 aliphatic heterocycles. The summed E-state index contributed by atoms with van der Waals surface area (Å²) in [5, 5.41) is 11.3. The molecule has 4 rings (SSSR count). The molecule has 4 fully saturated rings. The van der Waals surface area contributed by atoms with Crippen LogP contribution >= 0.6 is 0 Å². The van der Waals surface area contributed by atoms with E-state index in [1.54, 1.807) is 0 Å². The fraction of sp³-hybridized carbons (Fsp3) is 1.00. The maximum atomic E-state index is 11.3. The second-order valence-electron chi connectivity index (χ2n) is 10.8. The maximum absolute atomic E-state index is 11.3. The summed E-state index contributed by atoms with van der Waals surface area (Å²) in [6, 6.07) is -0.264. The minimum Gasteiger partial charge on any atom is -0.264 e. The molecule has 5 unspecified atom stereocenters. The van der Waals surface area contributed by atoms with E-state index in [9.17, 15) is 10.1 Å². The molecule has 0 bridgehead atoms. The Hall–Kier alpha value is -0.600. The number of hydrogen-bond acceptors (Lipinski definition) is 2. The van der Waals surface area contributed by atoms with Crippen LogP contribution in [-0.4, -0.2) is 11.0 Å². The zero-order chi connectivity index (χ0) is 18.0. The lowest BCUT2D eigenvalue weighted by Gasteiger charge is -2.60. The minimum atomic E-state index is -0.264. The van der Waals surface area contributed by atoms with E-state index in [4.69, 9.17) is 0 Å². The van der Waals surface area contributed by atoms with Crippen LogP contribution in [0.3, 0.4) is 0 Å². The fourth-order valence-electron chi connectivity index (χ4n) is 8.56. The van der Waals surface area contributed by atoms with Crippen molar-refractivity contribution in [1.29, 1.82) is 0 Å². The highest BCUT2D eigenvalue weighted by Crippen LogP contribution is 2.68. The lowest BCUT2D eigenvalue weighted by Crippen LogP contribution is -2.54. The van der Waals surface area contributed by atoms with Crippen LogP contribution in [0.4, 0.5) is 0 Å². The van der Waals surface area contributed by atoms with E-state index in [-0.39, 0.29) is 11.0 Å². The Morgan fingerprint density at radius 2 is 1.60 bits per heavy atom. The third-order valence-electron chi connectivity index (χ3n) is 9.81. The molecule has 3 nitrogen and oxygen atoms in total. The van der Waals surface area contributed by atoms with Crippen molar-refractivity contribution >= 4 is 0 Å². The molecule has 4 aliphatic carbocycles. The summed E-state index contributed by atoms with van der Waals surface area (Å²) < 4.78 is 0. The van der Waals surface area contributed by atoms with Crippen molar-refractivity contribution in [2.75, 3.05) is 0 Å². The topological polar surface area (TPSA) is 43.1 Å². The molecule has 25 heavy (non-hydrogen) atoms. The van der Waals surface area contributed by atoms with E-state index in [2.05, 4.69) is 27.7 Å². The maximum Gasteiger partial charge on any atom is 0.213 e. The highest BCUT2D eigenvalue weighted by atomic mass is 16.6. The van der Waals surface area contributed by atoms with Gasteiger partial charge in [0.1, 0.15) is 0 Å². The highest BCUT2D eigenvalue weighted by Gasteiger charge is 2.60. The molecule has 3 heteroatoms. The zero-order valence-corrected chi connectivity index (χ0v) is 16.7. The molecule has 0 spiro atoms. The Morgan fingerprint density at radius 3 is 2.28 bits per heavy atom. The van der Waals surface area contributed by atoms with Gasteiger partial charge in [-0.2, -0.15) is 0 Å². The molecular formula is C22H37NO2. The summed E-state index contributed by atoms with van der Waals surface area (Å²) in [4.78, 5) is 11.3. The van der Waals surface area contributed by atoms with Gasteiger partial charge in [-0.15, -0.1) is 0 Å². The van der Waals surface area contributed by atoms with Crippen molar-refractivity contribution in [3.63, 3.8) is 0 Å². The van der Waals surface area contributed by atoms with Gasteiger partial charge in [0.15, 0.2) is 0 Å². The summed E-state index contributed by atoms with van der Waals surface area (Å²) in [6.07, 6.45) is 11.0. The predicted molar refractivity (Wildman–Crippen MR) is 101 cm³/mol. The molecule has 0 amide bonds. The molecule has 4 aliphatic rings. The Kier molecular flexibility index (Phi) is 4.24. The summed E-state index contributed by atoms with van der Waals surface area (Å²) in [5.74, 6) is 4.98.